The van der Waals surface area contributed by atoms with Crippen LogP contribution in [-0.4, -0.2) is 32.3 Å². The Morgan fingerprint density at radius 1 is 1.37 bits per heavy atom. The monoisotopic (exact) mass is 361 g/mol. The molecule has 2 aromatic heterocycles. The van der Waals surface area contributed by atoms with Gasteiger partial charge in [-0.15, -0.1) is 0 Å². The summed E-state index contributed by atoms with van der Waals surface area (Å²) in [6, 6.07) is 12.5. The average Bonchev–Trinajstić information content (AvgIpc) is 3.17. The summed E-state index contributed by atoms with van der Waals surface area (Å²) < 4.78 is 1.85. The first-order valence-electron chi connectivity index (χ1n) is 8.90. The lowest BCUT2D eigenvalue weighted by Crippen LogP contribution is -2.22. The van der Waals surface area contributed by atoms with Crippen LogP contribution in [0.25, 0.3) is 16.6 Å². The van der Waals surface area contributed by atoms with Crippen LogP contribution in [0.3, 0.4) is 0 Å². The molecule has 2 N–H and O–H groups in total. The van der Waals surface area contributed by atoms with Crippen LogP contribution in [0.15, 0.2) is 49.1 Å². The highest BCUT2D eigenvalue weighted by molar-refractivity contribution is 5.82. The first kappa shape index (κ1) is 17.0. The van der Waals surface area contributed by atoms with Crippen molar-refractivity contribution in [3.8, 4) is 11.9 Å². The molecule has 1 fully saturated rings. The number of rotatable bonds is 6. The van der Waals surface area contributed by atoms with Gasteiger partial charge in [-0.1, -0.05) is 24.3 Å². The summed E-state index contributed by atoms with van der Waals surface area (Å²) in [5.41, 5.74) is 0.196. The van der Waals surface area contributed by atoms with E-state index in [-0.39, 0.29) is 5.92 Å². The Labute approximate surface area is 156 Å². The molecule has 2 atom stereocenters. The van der Waals surface area contributed by atoms with Crippen molar-refractivity contribution in [2.45, 2.75) is 24.7 Å². The molecule has 2 heterocycles. The molecule has 1 aliphatic carbocycles. The van der Waals surface area contributed by atoms with Gasteiger partial charge >= 0.3 is 6.09 Å². The second kappa shape index (κ2) is 6.72. The van der Waals surface area contributed by atoms with Gasteiger partial charge in [0.2, 0.25) is 0 Å². The molecule has 0 radical (unpaired) electrons. The molecule has 2 unspecified atom stereocenters. The normalized spacial score (nSPS) is 20.9. The summed E-state index contributed by atoms with van der Waals surface area (Å²) in [7, 11) is 0. The van der Waals surface area contributed by atoms with E-state index in [4.69, 9.17) is 5.11 Å². The number of amides is 1. The summed E-state index contributed by atoms with van der Waals surface area (Å²) in [4.78, 5) is 19.5. The van der Waals surface area contributed by atoms with Crippen LogP contribution in [0, 0.1) is 17.2 Å². The van der Waals surface area contributed by atoms with Crippen molar-refractivity contribution in [1.82, 2.24) is 19.9 Å². The van der Waals surface area contributed by atoms with Gasteiger partial charge in [-0.25, -0.2) is 14.8 Å². The minimum atomic E-state index is -1.01. The van der Waals surface area contributed by atoms with Gasteiger partial charge in [0.15, 0.2) is 0 Å². The Bertz CT molecular complexity index is 1040. The fourth-order valence-corrected chi connectivity index (χ4v) is 3.62. The molecule has 27 heavy (non-hydrogen) atoms. The van der Waals surface area contributed by atoms with Crippen LogP contribution in [0.4, 0.5) is 4.79 Å². The highest BCUT2D eigenvalue weighted by Crippen LogP contribution is 2.55. The Balaban J connectivity index is 1.49. The number of carboxylic acid groups (broad SMARTS) is 1. The molecule has 1 aliphatic rings. The number of nitriles is 1. The first-order valence-corrected chi connectivity index (χ1v) is 8.90. The fraction of sp³-hybridized carbons (Fsp3) is 0.300. The van der Waals surface area contributed by atoms with Crippen LogP contribution in [-0.2, 0) is 5.41 Å². The number of carbonyl (C=O) groups is 1. The van der Waals surface area contributed by atoms with E-state index in [1.807, 2.05) is 47.3 Å². The van der Waals surface area contributed by atoms with Crippen molar-refractivity contribution in [3.05, 3.63) is 54.7 Å². The predicted molar refractivity (Wildman–Crippen MR) is 99.5 cm³/mol. The third-order valence-corrected chi connectivity index (χ3v) is 5.23. The Hall–Kier alpha value is -3.40. The van der Waals surface area contributed by atoms with Gasteiger partial charge in [0.05, 0.1) is 11.8 Å². The minimum Gasteiger partial charge on any atom is -0.465 e. The number of hydrogen-bond donors (Lipinski definition) is 2. The van der Waals surface area contributed by atoms with Crippen molar-refractivity contribution < 1.29 is 9.90 Å². The summed E-state index contributed by atoms with van der Waals surface area (Å²) in [6.07, 6.45) is 6.68. The summed E-state index contributed by atoms with van der Waals surface area (Å²) in [5.74, 6) is 0.981. The van der Waals surface area contributed by atoms with E-state index in [1.165, 1.54) is 0 Å². The SMILES string of the molecule is N#CC1(c2cn(-c3cc4ccccc4cn3)cn2)CC1CCCNC(=O)O. The topological polar surface area (TPSA) is 104 Å². The van der Waals surface area contributed by atoms with Crippen molar-refractivity contribution in [2.24, 2.45) is 5.92 Å². The quantitative estimate of drug-likeness (QED) is 0.656. The van der Waals surface area contributed by atoms with E-state index in [0.717, 1.165) is 35.1 Å². The summed E-state index contributed by atoms with van der Waals surface area (Å²) in [5, 5.41) is 22.9. The molecule has 1 saturated carbocycles. The molecule has 0 saturated heterocycles. The predicted octanol–water partition coefficient (Wildman–Crippen LogP) is 3.25. The Morgan fingerprint density at radius 3 is 2.96 bits per heavy atom. The van der Waals surface area contributed by atoms with Gasteiger partial charge < -0.3 is 10.4 Å². The third kappa shape index (κ3) is 3.22. The van der Waals surface area contributed by atoms with E-state index in [2.05, 4.69) is 21.4 Å². The van der Waals surface area contributed by atoms with Crippen molar-refractivity contribution in [3.63, 3.8) is 0 Å². The van der Waals surface area contributed by atoms with E-state index in [9.17, 15) is 10.1 Å². The zero-order valence-electron chi connectivity index (χ0n) is 14.7. The van der Waals surface area contributed by atoms with Crippen molar-refractivity contribution >= 4 is 16.9 Å². The maximum absolute atomic E-state index is 10.5. The largest absolute Gasteiger partial charge is 0.465 e. The maximum Gasteiger partial charge on any atom is 0.404 e. The Kier molecular flexibility index (Phi) is 4.24. The highest BCUT2D eigenvalue weighted by Gasteiger charge is 2.57. The van der Waals surface area contributed by atoms with Crippen LogP contribution in [0.5, 0.6) is 0 Å². The van der Waals surface area contributed by atoms with Crippen LogP contribution in [0.2, 0.25) is 0 Å². The molecule has 7 heteroatoms. The number of aromatic nitrogens is 3. The van der Waals surface area contributed by atoms with Crippen LogP contribution in [0.1, 0.15) is 25.0 Å². The molecule has 0 spiro atoms. The fourth-order valence-electron chi connectivity index (χ4n) is 3.62. The van der Waals surface area contributed by atoms with Crippen LogP contribution < -0.4 is 5.32 Å². The second-order valence-electron chi connectivity index (χ2n) is 6.91. The number of hydrogen-bond acceptors (Lipinski definition) is 4. The lowest BCUT2D eigenvalue weighted by molar-refractivity contribution is 0.194. The van der Waals surface area contributed by atoms with E-state index < -0.39 is 11.5 Å². The van der Waals surface area contributed by atoms with Gasteiger partial charge in [0, 0.05) is 24.3 Å². The van der Waals surface area contributed by atoms with Crippen LogP contribution >= 0.6 is 0 Å². The smallest absolute Gasteiger partial charge is 0.404 e. The lowest BCUT2D eigenvalue weighted by atomic mass is 9.99. The zero-order chi connectivity index (χ0) is 18.9. The number of benzene rings is 1. The number of nitrogens with zero attached hydrogens (tertiary/aromatic N) is 4. The van der Waals surface area contributed by atoms with E-state index in [1.54, 1.807) is 6.33 Å². The molecule has 7 nitrogen and oxygen atoms in total. The molecule has 3 aromatic rings. The molecule has 0 bridgehead atoms. The zero-order valence-corrected chi connectivity index (χ0v) is 14.7. The van der Waals surface area contributed by atoms with Gasteiger partial charge in [-0.2, -0.15) is 5.26 Å². The molecular weight excluding hydrogens is 342 g/mol. The second-order valence-corrected chi connectivity index (χ2v) is 6.91. The van der Waals surface area contributed by atoms with Gasteiger partial charge in [-0.3, -0.25) is 4.57 Å². The van der Waals surface area contributed by atoms with Gasteiger partial charge in [-0.05, 0) is 36.6 Å². The summed E-state index contributed by atoms with van der Waals surface area (Å²) in [6.45, 7) is 0.406. The molecule has 0 aliphatic heterocycles. The lowest BCUT2D eigenvalue weighted by Gasteiger charge is -2.06. The standard InChI is InChI=1S/C20H19N5O2/c21-12-20(9-16(20)6-3-7-22-19(26)27)17-11-25(13-24-17)18-8-14-4-1-2-5-15(14)10-23-18/h1-2,4-5,8,10-11,13,16,22H,3,6-7,9H2,(H,26,27). The Morgan fingerprint density at radius 2 is 2.19 bits per heavy atom. The minimum absolute atomic E-state index is 0.214. The van der Waals surface area contributed by atoms with Crippen molar-refractivity contribution in [2.75, 3.05) is 6.54 Å². The molecule has 1 aromatic carbocycles. The molecular formula is C20H19N5O2. The van der Waals surface area contributed by atoms with Gasteiger partial charge in [0.1, 0.15) is 17.6 Å². The van der Waals surface area contributed by atoms with E-state index >= 15 is 0 Å². The average molecular weight is 361 g/mol. The third-order valence-electron chi connectivity index (χ3n) is 5.23. The molecule has 136 valence electrons. The number of imidazole rings is 1. The maximum atomic E-state index is 10.5. The van der Waals surface area contributed by atoms with Crippen molar-refractivity contribution in [1.29, 1.82) is 5.26 Å². The number of nitrogens with one attached hydrogen (secondary N) is 1. The number of fused-ring (bicyclic) bond motifs is 1. The summed E-state index contributed by atoms with van der Waals surface area (Å²) >= 11 is 0. The molecule has 4 rings (SSSR count). The first-order chi connectivity index (χ1) is 13.1. The molecule has 1 amide bonds. The van der Waals surface area contributed by atoms with Gasteiger partial charge in [0.25, 0.3) is 0 Å². The number of pyridine rings is 1. The highest BCUT2D eigenvalue weighted by atomic mass is 16.4. The van der Waals surface area contributed by atoms with E-state index in [0.29, 0.717) is 13.0 Å².